The molecule has 0 spiro atoms. The molecule has 11 heteroatoms. The summed E-state index contributed by atoms with van der Waals surface area (Å²) in [7, 11) is 0. The highest BCUT2D eigenvalue weighted by atomic mass is 16.6. The van der Waals surface area contributed by atoms with Gasteiger partial charge in [-0.2, -0.15) is 5.10 Å². The Kier molecular flexibility index (Phi) is 8.57. The van der Waals surface area contributed by atoms with Crippen molar-refractivity contribution in [1.29, 1.82) is 0 Å². The van der Waals surface area contributed by atoms with Gasteiger partial charge in [0.15, 0.2) is 0 Å². The predicted octanol–water partition coefficient (Wildman–Crippen LogP) is 1.11. The van der Waals surface area contributed by atoms with E-state index in [0.29, 0.717) is 5.69 Å². The summed E-state index contributed by atoms with van der Waals surface area (Å²) in [5.74, 6) is -1.32. The first-order chi connectivity index (χ1) is 13.2. The highest BCUT2D eigenvalue weighted by Crippen LogP contribution is 2.24. The van der Waals surface area contributed by atoms with E-state index in [1.165, 1.54) is 19.2 Å². The number of nitro groups is 1. The summed E-state index contributed by atoms with van der Waals surface area (Å²) < 4.78 is 1.71. The average molecular weight is 388 g/mol. The van der Waals surface area contributed by atoms with Crippen LogP contribution in [0, 0.1) is 10.1 Å². The largest absolute Gasteiger partial charge is 0.479 e. The monoisotopic (exact) mass is 388 g/mol. The van der Waals surface area contributed by atoms with E-state index in [1.807, 2.05) is 6.07 Å². The maximum absolute atomic E-state index is 11.1. The molecule has 0 amide bonds. The van der Waals surface area contributed by atoms with Crippen molar-refractivity contribution >= 4 is 29.9 Å². The summed E-state index contributed by atoms with van der Waals surface area (Å²) in [6.07, 6.45) is 5.30. The number of allylic oxidation sites excluding steroid dienone is 1. The van der Waals surface area contributed by atoms with Gasteiger partial charge in [-0.05, 0) is 37.3 Å². The van der Waals surface area contributed by atoms with Crippen LogP contribution in [-0.2, 0) is 4.79 Å². The number of para-hydroxylation sites is 2. The zero-order chi connectivity index (χ0) is 21.1. The standard InChI is InChI=1S/C14H14N6O2.C3H6O3/c15-14(16)18-17-9-3-5-11-6-4-10-19(11)12-7-1-2-8-13(12)20(21)22;1-2(4)3(5)6/h1-10H,(H4,15,16,18);2,4H,1H3,(H,5,6). The van der Waals surface area contributed by atoms with Gasteiger partial charge in [-0.1, -0.05) is 12.1 Å². The predicted molar refractivity (Wildman–Crippen MR) is 105 cm³/mol. The van der Waals surface area contributed by atoms with Crippen LogP contribution in [0.15, 0.2) is 58.9 Å². The number of benzene rings is 1. The minimum Gasteiger partial charge on any atom is -0.479 e. The number of aliphatic carboxylic acids is 1. The number of nitrogens with two attached hydrogens (primary N) is 2. The van der Waals surface area contributed by atoms with Gasteiger partial charge in [0.1, 0.15) is 11.8 Å². The van der Waals surface area contributed by atoms with Gasteiger partial charge >= 0.3 is 5.97 Å². The lowest BCUT2D eigenvalue weighted by molar-refractivity contribution is -0.384. The Bertz CT molecular complexity index is 897. The first-order valence-electron chi connectivity index (χ1n) is 7.84. The molecule has 0 saturated carbocycles. The molecule has 148 valence electrons. The number of aromatic nitrogens is 1. The molecule has 1 aromatic heterocycles. The number of aliphatic hydroxyl groups is 1. The van der Waals surface area contributed by atoms with Crippen molar-refractivity contribution in [3.63, 3.8) is 0 Å². The molecule has 0 saturated heterocycles. The van der Waals surface area contributed by atoms with Gasteiger partial charge < -0.3 is 26.2 Å². The molecule has 1 atom stereocenters. The van der Waals surface area contributed by atoms with E-state index >= 15 is 0 Å². The maximum atomic E-state index is 11.1. The Morgan fingerprint density at radius 1 is 1.29 bits per heavy atom. The Morgan fingerprint density at radius 3 is 2.50 bits per heavy atom. The lowest BCUT2D eigenvalue weighted by Crippen LogP contribution is -2.21. The van der Waals surface area contributed by atoms with E-state index in [1.54, 1.807) is 47.2 Å². The van der Waals surface area contributed by atoms with Gasteiger partial charge in [0.2, 0.25) is 5.96 Å². The molecule has 6 N–H and O–H groups in total. The van der Waals surface area contributed by atoms with Gasteiger partial charge in [0.05, 0.1) is 4.92 Å². The van der Waals surface area contributed by atoms with Crippen LogP contribution < -0.4 is 11.5 Å². The van der Waals surface area contributed by atoms with Crippen molar-refractivity contribution in [2.24, 2.45) is 21.7 Å². The summed E-state index contributed by atoms with van der Waals surface area (Å²) >= 11 is 0. The van der Waals surface area contributed by atoms with E-state index in [2.05, 4.69) is 10.2 Å². The third-order valence-electron chi connectivity index (χ3n) is 3.07. The number of rotatable bonds is 6. The summed E-state index contributed by atoms with van der Waals surface area (Å²) in [6.45, 7) is 1.20. The third kappa shape index (κ3) is 7.09. The minimum atomic E-state index is -1.23. The number of aliphatic hydroxyl groups excluding tert-OH is 1. The number of carbonyl (C=O) groups is 1. The molecule has 1 aromatic carbocycles. The molecule has 0 aliphatic carbocycles. The summed E-state index contributed by atoms with van der Waals surface area (Å²) in [5, 5.41) is 34.0. The molecule has 11 nitrogen and oxygen atoms in total. The summed E-state index contributed by atoms with van der Waals surface area (Å²) in [6, 6.07) is 10.1. The lowest BCUT2D eigenvalue weighted by atomic mass is 10.2. The third-order valence-corrected chi connectivity index (χ3v) is 3.07. The lowest BCUT2D eigenvalue weighted by Gasteiger charge is -2.06. The van der Waals surface area contributed by atoms with E-state index < -0.39 is 17.0 Å². The summed E-state index contributed by atoms with van der Waals surface area (Å²) in [4.78, 5) is 20.1. The minimum absolute atomic E-state index is 0.0301. The van der Waals surface area contributed by atoms with E-state index in [4.69, 9.17) is 21.7 Å². The van der Waals surface area contributed by atoms with Gasteiger partial charge in [-0.15, -0.1) is 5.10 Å². The second-order valence-electron chi connectivity index (χ2n) is 5.21. The first kappa shape index (κ1) is 22.1. The van der Waals surface area contributed by atoms with Gasteiger partial charge in [-0.25, -0.2) is 4.79 Å². The second-order valence-corrected chi connectivity index (χ2v) is 5.21. The maximum Gasteiger partial charge on any atom is 0.332 e. The first-order valence-corrected chi connectivity index (χ1v) is 7.84. The Hall–Kier alpha value is -3.99. The van der Waals surface area contributed by atoms with Crippen molar-refractivity contribution in [2.45, 2.75) is 13.0 Å². The fourth-order valence-corrected chi connectivity index (χ4v) is 1.85. The topological polar surface area (TPSA) is 182 Å². The van der Waals surface area contributed by atoms with Crippen molar-refractivity contribution in [3.05, 3.63) is 64.5 Å². The average Bonchev–Trinajstić information content (AvgIpc) is 3.10. The Balaban J connectivity index is 0.000000568. The number of carboxylic acid groups (broad SMARTS) is 1. The van der Waals surface area contributed by atoms with Crippen LogP contribution >= 0.6 is 0 Å². The van der Waals surface area contributed by atoms with Crippen LogP contribution in [0.25, 0.3) is 11.8 Å². The Morgan fingerprint density at radius 2 is 1.93 bits per heavy atom. The fraction of sp³-hybridized carbons (Fsp3) is 0.118. The van der Waals surface area contributed by atoms with Crippen LogP contribution in [0.5, 0.6) is 0 Å². The zero-order valence-corrected chi connectivity index (χ0v) is 14.9. The molecule has 1 heterocycles. The smallest absolute Gasteiger partial charge is 0.332 e. The normalized spacial score (nSPS) is 11.6. The van der Waals surface area contributed by atoms with Crippen molar-refractivity contribution in [1.82, 2.24) is 4.57 Å². The number of nitro benzene ring substituents is 1. The highest BCUT2D eigenvalue weighted by Gasteiger charge is 2.14. The molecule has 2 aromatic rings. The quantitative estimate of drug-likeness (QED) is 0.247. The van der Waals surface area contributed by atoms with E-state index in [0.717, 1.165) is 5.69 Å². The molecule has 0 bridgehead atoms. The molecule has 28 heavy (non-hydrogen) atoms. The number of hydrogen-bond donors (Lipinski definition) is 4. The van der Waals surface area contributed by atoms with E-state index in [-0.39, 0.29) is 11.6 Å². The van der Waals surface area contributed by atoms with Crippen molar-refractivity contribution in [2.75, 3.05) is 0 Å². The van der Waals surface area contributed by atoms with Crippen LogP contribution in [0.4, 0.5) is 5.69 Å². The van der Waals surface area contributed by atoms with Crippen LogP contribution in [0.1, 0.15) is 12.6 Å². The van der Waals surface area contributed by atoms with Gasteiger partial charge in [0, 0.05) is 24.2 Å². The molecule has 0 aliphatic rings. The fourth-order valence-electron chi connectivity index (χ4n) is 1.85. The second kappa shape index (κ2) is 10.9. The summed E-state index contributed by atoms with van der Waals surface area (Å²) in [5.41, 5.74) is 11.5. The van der Waals surface area contributed by atoms with Gasteiger partial charge in [0.25, 0.3) is 5.69 Å². The molecule has 0 fully saturated rings. The highest BCUT2D eigenvalue weighted by molar-refractivity contribution is 5.80. The number of hydrogen-bond acceptors (Lipinski definition) is 6. The number of nitrogens with zero attached hydrogens (tertiary/aromatic N) is 4. The van der Waals surface area contributed by atoms with Crippen LogP contribution in [-0.4, -0.2) is 44.0 Å². The number of carboxylic acids is 1. The zero-order valence-electron chi connectivity index (χ0n) is 14.9. The van der Waals surface area contributed by atoms with Crippen LogP contribution in [0.2, 0.25) is 0 Å². The molecular formula is C17H20N6O5. The van der Waals surface area contributed by atoms with E-state index in [9.17, 15) is 14.9 Å². The molecule has 0 radical (unpaired) electrons. The molecule has 1 unspecified atom stereocenters. The molecule has 0 aliphatic heterocycles. The number of guanidine groups is 1. The molecule has 2 rings (SSSR count). The Labute approximate surface area is 160 Å². The van der Waals surface area contributed by atoms with Gasteiger partial charge in [-0.3, -0.25) is 10.1 Å². The van der Waals surface area contributed by atoms with Crippen molar-refractivity contribution in [3.8, 4) is 5.69 Å². The molecular weight excluding hydrogens is 368 g/mol. The van der Waals surface area contributed by atoms with Crippen LogP contribution in [0.3, 0.4) is 0 Å². The van der Waals surface area contributed by atoms with Crippen molar-refractivity contribution < 1.29 is 19.9 Å². The SMILES string of the molecule is CC(O)C(=O)O.NC(N)=NN=CC=Cc1cccn1-c1ccccc1[N+](=O)[O-].